The Bertz CT molecular complexity index is 89.3. The van der Waals surface area contributed by atoms with Gasteiger partial charge in [0, 0.05) is 0 Å². The van der Waals surface area contributed by atoms with Gasteiger partial charge >= 0.3 is 18.6 Å². The third-order valence-corrected chi connectivity index (χ3v) is 1.06. The van der Waals surface area contributed by atoms with Crippen molar-refractivity contribution in [1.82, 2.24) is 0 Å². The minimum atomic E-state index is 0. The minimum Gasteiger partial charge on any atom is -0.340 e. The largest absolute Gasteiger partial charge is 2.00 e. The van der Waals surface area contributed by atoms with Crippen LogP contribution in [0.5, 0.6) is 0 Å². The van der Waals surface area contributed by atoms with E-state index >= 15 is 0 Å². The third-order valence-electron chi connectivity index (χ3n) is 1.06. The Morgan fingerprint density at radius 3 is 2.40 bits per heavy atom. The summed E-state index contributed by atoms with van der Waals surface area (Å²) in [5.41, 5.74) is 0. The van der Waals surface area contributed by atoms with E-state index in [1.54, 1.807) is 0 Å². The Hall–Kier alpha value is 0.124. The SMILES string of the molecule is [CH2-]C(=O)CC[CH-]C(C)C.[V+2]. The molecule has 0 bridgehead atoms. The summed E-state index contributed by atoms with van der Waals surface area (Å²) in [6.45, 7) is 7.49. The average Bonchev–Trinajstić information content (AvgIpc) is 1.63. The van der Waals surface area contributed by atoms with Crippen LogP contribution in [0.3, 0.4) is 0 Å². The van der Waals surface area contributed by atoms with Gasteiger partial charge in [-0.05, 0) is 5.78 Å². The van der Waals surface area contributed by atoms with Crippen LogP contribution in [0.15, 0.2) is 0 Å². The second-order valence-corrected chi connectivity index (χ2v) is 2.56. The molecule has 0 atom stereocenters. The first-order valence-electron chi connectivity index (χ1n) is 3.31. The van der Waals surface area contributed by atoms with E-state index in [0.29, 0.717) is 12.3 Å². The summed E-state index contributed by atoms with van der Waals surface area (Å²) in [4.78, 5) is 10.3. The Labute approximate surface area is 75.5 Å². The van der Waals surface area contributed by atoms with Crippen LogP contribution in [-0.4, -0.2) is 5.78 Å². The van der Waals surface area contributed by atoms with Gasteiger partial charge in [0.2, 0.25) is 0 Å². The number of Topliss-reactive ketones (excluding diaryl/α,β-unsaturated/α-hetero) is 1. The van der Waals surface area contributed by atoms with E-state index in [-0.39, 0.29) is 24.3 Å². The van der Waals surface area contributed by atoms with Crippen molar-refractivity contribution in [1.29, 1.82) is 0 Å². The van der Waals surface area contributed by atoms with Crippen LogP contribution >= 0.6 is 0 Å². The van der Waals surface area contributed by atoms with Crippen molar-refractivity contribution in [2.24, 2.45) is 5.92 Å². The van der Waals surface area contributed by atoms with Gasteiger partial charge in [-0.15, -0.1) is 0 Å². The summed E-state index contributed by atoms with van der Waals surface area (Å²) in [7, 11) is 0. The minimum absolute atomic E-state index is 0. The maximum atomic E-state index is 10.3. The van der Waals surface area contributed by atoms with Gasteiger partial charge in [-0.3, -0.25) is 0 Å². The molecule has 1 nitrogen and oxygen atoms in total. The molecule has 1 radical (unpaired) electrons. The molecule has 0 aromatic heterocycles. The summed E-state index contributed by atoms with van der Waals surface area (Å²) < 4.78 is 0. The molecule has 0 aliphatic heterocycles. The molecule has 0 aliphatic carbocycles. The van der Waals surface area contributed by atoms with E-state index in [4.69, 9.17) is 0 Å². The summed E-state index contributed by atoms with van der Waals surface area (Å²) in [6, 6.07) is 0. The fraction of sp³-hybridized carbons (Fsp3) is 0.625. The van der Waals surface area contributed by atoms with Gasteiger partial charge in [-0.25, -0.2) is 0 Å². The van der Waals surface area contributed by atoms with E-state index in [0.717, 1.165) is 6.42 Å². The number of hydrogen-bond acceptors (Lipinski definition) is 1. The zero-order chi connectivity index (χ0) is 7.28. The zero-order valence-electron chi connectivity index (χ0n) is 6.63. The molecule has 0 amide bonds. The van der Waals surface area contributed by atoms with Crippen molar-refractivity contribution in [3.8, 4) is 0 Å². The van der Waals surface area contributed by atoms with E-state index in [2.05, 4.69) is 27.2 Å². The molecule has 0 N–H and O–H groups in total. The Balaban J connectivity index is 0. The standard InChI is InChI=1S/C8H14O.V/c1-7(2)5-4-6-8(3)9;/h5,7H,3-4,6H2,1-2H3;/q-2;+2. The van der Waals surface area contributed by atoms with Crippen molar-refractivity contribution >= 4 is 5.78 Å². The van der Waals surface area contributed by atoms with Crippen LogP contribution in [0.1, 0.15) is 26.7 Å². The number of rotatable bonds is 4. The maximum Gasteiger partial charge on any atom is 2.00 e. The Morgan fingerprint density at radius 2 is 2.10 bits per heavy atom. The van der Waals surface area contributed by atoms with Gasteiger partial charge in [0.1, 0.15) is 0 Å². The second kappa shape index (κ2) is 7.23. The zero-order valence-corrected chi connectivity index (χ0v) is 8.03. The molecule has 57 valence electrons. The van der Waals surface area contributed by atoms with Crippen molar-refractivity contribution < 1.29 is 23.4 Å². The fourth-order valence-corrected chi connectivity index (χ4v) is 0.578. The van der Waals surface area contributed by atoms with Crippen LogP contribution in [0.25, 0.3) is 0 Å². The number of carbonyl (C=O) groups is 1. The summed E-state index contributed by atoms with van der Waals surface area (Å²) in [6.07, 6.45) is 3.60. The normalized spacial score (nSPS) is 9.10. The average molecular weight is 177 g/mol. The van der Waals surface area contributed by atoms with E-state index in [1.165, 1.54) is 0 Å². The summed E-state index contributed by atoms with van der Waals surface area (Å²) >= 11 is 0. The molecule has 0 spiro atoms. The number of carbonyl (C=O) groups excluding carboxylic acids is 1. The van der Waals surface area contributed by atoms with E-state index < -0.39 is 0 Å². The quantitative estimate of drug-likeness (QED) is 0.600. The molecule has 0 aromatic rings. The molecule has 0 saturated heterocycles. The van der Waals surface area contributed by atoms with Crippen LogP contribution in [0.4, 0.5) is 0 Å². The van der Waals surface area contributed by atoms with Gasteiger partial charge in [0.05, 0.1) is 0 Å². The molecule has 0 aliphatic rings. The Kier molecular flexibility index (Phi) is 9.24. The van der Waals surface area contributed by atoms with Crippen LogP contribution < -0.4 is 0 Å². The topological polar surface area (TPSA) is 17.1 Å². The van der Waals surface area contributed by atoms with E-state index in [9.17, 15) is 4.79 Å². The van der Waals surface area contributed by atoms with Gasteiger partial charge in [0.25, 0.3) is 0 Å². The van der Waals surface area contributed by atoms with Crippen LogP contribution in [0.2, 0.25) is 0 Å². The molecular weight excluding hydrogens is 163 g/mol. The first-order valence-corrected chi connectivity index (χ1v) is 3.31. The predicted octanol–water partition coefficient (Wildman–Crippen LogP) is 2.03. The van der Waals surface area contributed by atoms with Gasteiger partial charge in [-0.1, -0.05) is 20.3 Å². The molecule has 0 fully saturated rings. The Morgan fingerprint density at radius 1 is 1.60 bits per heavy atom. The van der Waals surface area contributed by atoms with Crippen molar-refractivity contribution in [3.63, 3.8) is 0 Å². The molecule has 0 unspecified atom stereocenters. The summed E-state index contributed by atoms with van der Waals surface area (Å²) in [5.74, 6) is 0.622. The van der Waals surface area contributed by atoms with Crippen LogP contribution in [-0.2, 0) is 23.4 Å². The molecule has 0 aromatic carbocycles. The second-order valence-electron chi connectivity index (χ2n) is 2.56. The molecule has 0 heterocycles. The first kappa shape index (κ1) is 12.8. The third kappa shape index (κ3) is 11.0. The van der Waals surface area contributed by atoms with Crippen molar-refractivity contribution in [2.75, 3.05) is 0 Å². The monoisotopic (exact) mass is 177 g/mol. The predicted molar refractivity (Wildman–Crippen MR) is 38.7 cm³/mol. The number of ketones is 1. The molecule has 10 heavy (non-hydrogen) atoms. The fourth-order valence-electron chi connectivity index (χ4n) is 0.578. The number of hydrogen-bond donors (Lipinski definition) is 0. The van der Waals surface area contributed by atoms with Gasteiger partial charge < -0.3 is 18.1 Å². The first-order chi connectivity index (χ1) is 4.13. The van der Waals surface area contributed by atoms with Crippen molar-refractivity contribution in [3.05, 3.63) is 13.3 Å². The molecule has 2 heteroatoms. The van der Waals surface area contributed by atoms with Crippen LogP contribution in [0, 0.1) is 19.3 Å². The molecular formula is C8H14OV. The summed E-state index contributed by atoms with van der Waals surface area (Å²) in [5, 5.41) is 0. The van der Waals surface area contributed by atoms with Gasteiger partial charge in [-0.2, -0.15) is 12.3 Å². The van der Waals surface area contributed by atoms with E-state index in [1.807, 2.05) is 0 Å². The molecule has 0 rings (SSSR count). The smallest absolute Gasteiger partial charge is 0.340 e. The maximum absolute atomic E-state index is 10.3. The van der Waals surface area contributed by atoms with Gasteiger partial charge in [0.15, 0.2) is 0 Å². The van der Waals surface area contributed by atoms with Crippen molar-refractivity contribution in [2.45, 2.75) is 26.7 Å². The molecule has 0 saturated carbocycles.